The molecule has 0 atom stereocenters. The Balaban J connectivity index is 2.07. The highest BCUT2D eigenvalue weighted by molar-refractivity contribution is 7.89. The number of nitrogens with zero attached hydrogens (tertiary/aromatic N) is 4. The van der Waals surface area contributed by atoms with Gasteiger partial charge in [-0.05, 0) is 25.5 Å². The number of hydrogen-bond donors (Lipinski definition) is 0. The van der Waals surface area contributed by atoms with Crippen molar-refractivity contribution >= 4 is 15.7 Å². The molecule has 7 heteroatoms. The molecule has 0 amide bonds. The van der Waals surface area contributed by atoms with Gasteiger partial charge in [0.05, 0.1) is 6.20 Å². The molecule has 1 aliphatic heterocycles. The molecule has 0 bridgehead atoms. The van der Waals surface area contributed by atoms with Crippen LogP contribution in [0.3, 0.4) is 0 Å². The van der Waals surface area contributed by atoms with Gasteiger partial charge in [0.1, 0.15) is 0 Å². The van der Waals surface area contributed by atoms with Crippen molar-refractivity contribution in [3.8, 4) is 0 Å². The first kappa shape index (κ1) is 12.3. The monoisotopic (exact) mass is 278 g/mol. The second-order valence-electron chi connectivity index (χ2n) is 4.57. The van der Waals surface area contributed by atoms with Crippen LogP contribution in [0.25, 0.3) is 5.65 Å². The van der Waals surface area contributed by atoms with E-state index in [1.807, 2.05) is 6.92 Å². The maximum absolute atomic E-state index is 12.6. The summed E-state index contributed by atoms with van der Waals surface area (Å²) < 4.78 is 28.0. The fraction of sp³-hybridized carbons (Fsp3) is 0.333. The van der Waals surface area contributed by atoms with Crippen LogP contribution in [0, 0.1) is 0 Å². The summed E-state index contributed by atoms with van der Waals surface area (Å²) in [5.74, 6) is 0. The molecule has 0 fully saturated rings. The van der Waals surface area contributed by atoms with Crippen molar-refractivity contribution in [3.63, 3.8) is 0 Å². The molecule has 6 nitrogen and oxygen atoms in total. The van der Waals surface area contributed by atoms with E-state index in [2.05, 4.69) is 16.2 Å². The first-order chi connectivity index (χ1) is 9.09. The van der Waals surface area contributed by atoms with Crippen molar-refractivity contribution in [2.24, 2.45) is 0 Å². The molecule has 0 N–H and O–H groups in total. The zero-order valence-electron chi connectivity index (χ0n) is 10.5. The van der Waals surface area contributed by atoms with E-state index in [-0.39, 0.29) is 5.03 Å². The van der Waals surface area contributed by atoms with Crippen LogP contribution in [0.15, 0.2) is 41.2 Å². The van der Waals surface area contributed by atoms with Crippen molar-refractivity contribution in [2.75, 3.05) is 13.1 Å². The van der Waals surface area contributed by atoms with Gasteiger partial charge in [0, 0.05) is 19.3 Å². The largest absolute Gasteiger partial charge is 0.262 e. The lowest BCUT2D eigenvalue weighted by Gasteiger charge is -2.24. The Morgan fingerprint density at radius 3 is 3.00 bits per heavy atom. The van der Waals surface area contributed by atoms with Gasteiger partial charge in [0.15, 0.2) is 10.7 Å². The predicted octanol–water partition coefficient (Wildman–Crippen LogP) is 1.07. The summed E-state index contributed by atoms with van der Waals surface area (Å²) in [5.41, 5.74) is 1.60. The summed E-state index contributed by atoms with van der Waals surface area (Å²) in [6.45, 7) is 2.87. The first-order valence-electron chi connectivity index (χ1n) is 6.03. The molecule has 0 aliphatic carbocycles. The summed E-state index contributed by atoms with van der Waals surface area (Å²) in [7, 11) is -3.55. The molecule has 0 spiro atoms. The zero-order valence-corrected chi connectivity index (χ0v) is 11.3. The molecular formula is C12H14N4O2S. The number of hydrogen-bond acceptors (Lipinski definition) is 4. The highest BCUT2D eigenvalue weighted by Gasteiger charge is 2.29. The van der Waals surface area contributed by atoms with Crippen molar-refractivity contribution in [1.82, 2.24) is 18.9 Å². The van der Waals surface area contributed by atoms with Crippen LogP contribution >= 0.6 is 0 Å². The predicted molar refractivity (Wildman–Crippen MR) is 70.1 cm³/mol. The van der Waals surface area contributed by atoms with Crippen molar-refractivity contribution in [2.45, 2.75) is 18.4 Å². The summed E-state index contributed by atoms with van der Waals surface area (Å²) >= 11 is 0. The Hall–Kier alpha value is -1.73. The summed E-state index contributed by atoms with van der Waals surface area (Å²) in [6.07, 6.45) is 5.73. The van der Waals surface area contributed by atoms with Crippen molar-refractivity contribution < 1.29 is 8.42 Å². The fourth-order valence-corrected chi connectivity index (χ4v) is 3.73. The van der Waals surface area contributed by atoms with E-state index in [0.717, 1.165) is 12.0 Å². The van der Waals surface area contributed by atoms with Crippen LogP contribution in [0.1, 0.15) is 13.3 Å². The maximum Gasteiger partial charge on any atom is 0.262 e. The summed E-state index contributed by atoms with van der Waals surface area (Å²) in [6, 6.07) is 3.46. The van der Waals surface area contributed by atoms with E-state index in [9.17, 15) is 8.42 Å². The number of fused-ring (bicyclic) bond motifs is 1. The standard InChI is InChI=1S/C12H14N4O2S/c1-10-4-3-7-15(9-10)19(17,18)12-8-13-11-5-2-6-14-16(11)12/h2,4-6,8H,3,7,9H2,1H3. The average molecular weight is 278 g/mol. The first-order valence-corrected chi connectivity index (χ1v) is 7.47. The quantitative estimate of drug-likeness (QED) is 0.771. The minimum absolute atomic E-state index is 0.123. The molecule has 100 valence electrons. The maximum atomic E-state index is 12.6. The number of rotatable bonds is 2. The lowest BCUT2D eigenvalue weighted by atomic mass is 10.2. The van der Waals surface area contributed by atoms with Crippen molar-refractivity contribution in [1.29, 1.82) is 0 Å². The van der Waals surface area contributed by atoms with Gasteiger partial charge < -0.3 is 0 Å². The van der Waals surface area contributed by atoms with E-state index in [0.29, 0.717) is 18.7 Å². The second kappa shape index (κ2) is 4.43. The normalized spacial score (nSPS) is 17.6. The summed E-state index contributed by atoms with van der Waals surface area (Å²) in [5, 5.41) is 4.18. The van der Waals surface area contributed by atoms with Gasteiger partial charge in [-0.3, -0.25) is 0 Å². The lowest BCUT2D eigenvalue weighted by molar-refractivity contribution is 0.424. The molecule has 3 rings (SSSR count). The third kappa shape index (κ3) is 2.04. The van der Waals surface area contributed by atoms with Crippen LogP contribution in [0.4, 0.5) is 0 Å². The Morgan fingerprint density at radius 2 is 2.21 bits per heavy atom. The van der Waals surface area contributed by atoms with Gasteiger partial charge in [-0.1, -0.05) is 11.6 Å². The van der Waals surface area contributed by atoms with E-state index in [4.69, 9.17) is 0 Å². The Morgan fingerprint density at radius 1 is 1.37 bits per heavy atom. The number of imidazole rings is 1. The van der Waals surface area contributed by atoms with Gasteiger partial charge in [-0.2, -0.15) is 9.40 Å². The third-order valence-electron chi connectivity index (χ3n) is 3.15. The lowest BCUT2D eigenvalue weighted by Crippen LogP contribution is -2.36. The molecule has 3 heterocycles. The van der Waals surface area contributed by atoms with Gasteiger partial charge in [-0.25, -0.2) is 17.9 Å². The van der Waals surface area contributed by atoms with E-state index in [1.54, 1.807) is 18.3 Å². The SMILES string of the molecule is CC1=CCCN(S(=O)(=O)c2cnc3cccnn23)C1. The average Bonchev–Trinajstić information content (AvgIpc) is 2.83. The van der Waals surface area contributed by atoms with Crippen LogP contribution < -0.4 is 0 Å². The minimum Gasteiger partial charge on any atom is -0.234 e. The van der Waals surface area contributed by atoms with E-state index >= 15 is 0 Å². The van der Waals surface area contributed by atoms with Gasteiger partial charge in [0.2, 0.25) is 0 Å². The highest BCUT2D eigenvalue weighted by Crippen LogP contribution is 2.20. The Kier molecular flexibility index (Phi) is 2.87. The van der Waals surface area contributed by atoms with Gasteiger partial charge in [-0.15, -0.1) is 0 Å². The molecule has 0 radical (unpaired) electrons. The molecule has 19 heavy (non-hydrogen) atoms. The van der Waals surface area contributed by atoms with Crippen LogP contribution in [0.2, 0.25) is 0 Å². The van der Waals surface area contributed by atoms with Crippen LogP contribution in [-0.2, 0) is 10.0 Å². The smallest absolute Gasteiger partial charge is 0.234 e. The van der Waals surface area contributed by atoms with Gasteiger partial charge >= 0.3 is 0 Å². The van der Waals surface area contributed by atoms with Crippen LogP contribution in [-0.4, -0.2) is 40.4 Å². The Bertz CT molecular complexity index is 748. The molecule has 0 unspecified atom stereocenters. The molecule has 1 aliphatic rings. The molecule has 0 saturated heterocycles. The Labute approximate surface area is 111 Å². The zero-order chi connectivity index (χ0) is 13.5. The molecule has 2 aromatic heterocycles. The molecule has 2 aromatic rings. The number of sulfonamides is 1. The molecule has 0 saturated carbocycles. The minimum atomic E-state index is -3.55. The second-order valence-corrected chi connectivity index (χ2v) is 6.45. The topological polar surface area (TPSA) is 67.6 Å². The van der Waals surface area contributed by atoms with Crippen molar-refractivity contribution in [3.05, 3.63) is 36.2 Å². The molecular weight excluding hydrogens is 264 g/mol. The highest BCUT2D eigenvalue weighted by atomic mass is 32.2. The van der Waals surface area contributed by atoms with E-state index < -0.39 is 10.0 Å². The van der Waals surface area contributed by atoms with Gasteiger partial charge in [0.25, 0.3) is 10.0 Å². The summed E-state index contributed by atoms with van der Waals surface area (Å²) in [4.78, 5) is 4.08. The molecule has 0 aromatic carbocycles. The fourth-order valence-electron chi connectivity index (χ4n) is 2.20. The van der Waals surface area contributed by atoms with E-state index in [1.165, 1.54) is 15.0 Å². The van der Waals surface area contributed by atoms with Crippen LogP contribution in [0.5, 0.6) is 0 Å². The third-order valence-corrected chi connectivity index (χ3v) is 4.95. The number of aromatic nitrogens is 3.